The van der Waals surface area contributed by atoms with Crippen LogP contribution in [0.25, 0.3) is 0 Å². The number of amides is 1. The highest BCUT2D eigenvalue weighted by Gasteiger charge is 2.21. The summed E-state index contributed by atoms with van der Waals surface area (Å²) < 4.78 is 0. The van der Waals surface area contributed by atoms with Gasteiger partial charge in [0.25, 0.3) is 0 Å². The van der Waals surface area contributed by atoms with Gasteiger partial charge >= 0.3 is 0 Å². The molecule has 1 N–H and O–H groups in total. The molecule has 0 spiro atoms. The molecule has 1 rings (SSSR count). The molecule has 1 atom stereocenters. The van der Waals surface area contributed by atoms with E-state index in [1.807, 2.05) is 6.07 Å². The molecule has 1 aliphatic heterocycles. The summed E-state index contributed by atoms with van der Waals surface area (Å²) in [5.74, 6) is 0.199. The zero-order valence-corrected chi connectivity index (χ0v) is 7.21. The highest BCUT2D eigenvalue weighted by molar-refractivity contribution is 5.76. The summed E-state index contributed by atoms with van der Waals surface area (Å²) in [7, 11) is 1.79. The van der Waals surface area contributed by atoms with Crippen LogP contribution in [-0.2, 0) is 4.79 Å². The average molecular weight is 167 g/mol. The van der Waals surface area contributed by atoms with Gasteiger partial charge in [0, 0.05) is 26.1 Å². The Morgan fingerprint density at radius 1 is 1.83 bits per heavy atom. The number of nitrogens with zero attached hydrogens (tertiary/aromatic N) is 2. The molecular formula is C8H13N3O. The maximum Gasteiger partial charge on any atom is 0.222 e. The molecule has 1 aliphatic rings. The van der Waals surface area contributed by atoms with Gasteiger partial charge in [0.2, 0.25) is 5.91 Å². The Bertz CT molecular complexity index is 209. The van der Waals surface area contributed by atoms with Crippen molar-refractivity contribution < 1.29 is 4.79 Å². The van der Waals surface area contributed by atoms with Crippen LogP contribution < -0.4 is 5.32 Å². The van der Waals surface area contributed by atoms with Crippen molar-refractivity contribution in [3.8, 4) is 6.07 Å². The third kappa shape index (κ3) is 2.21. The maximum atomic E-state index is 11.0. The standard InChI is InChI=1S/C8H13N3O/c1-11-6-7(10-5-4-9)2-3-8(11)12/h7,10H,2-3,5-6H2,1H3. The van der Waals surface area contributed by atoms with Crippen LogP contribution in [0.2, 0.25) is 0 Å². The van der Waals surface area contributed by atoms with E-state index in [0.717, 1.165) is 13.0 Å². The van der Waals surface area contributed by atoms with E-state index in [-0.39, 0.29) is 5.91 Å². The monoisotopic (exact) mass is 167 g/mol. The lowest BCUT2D eigenvalue weighted by molar-refractivity contribution is -0.132. The maximum absolute atomic E-state index is 11.0. The van der Waals surface area contributed by atoms with E-state index in [1.54, 1.807) is 11.9 Å². The van der Waals surface area contributed by atoms with Gasteiger partial charge in [0.15, 0.2) is 0 Å². The summed E-state index contributed by atoms with van der Waals surface area (Å²) in [6.45, 7) is 1.09. The Balaban J connectivity index is 2.31. The molecule has 4 heteroatoms. The number of carbonyl (C=O) groups is 1. The summed E-state index contributed by atoms with van der Waals surface area (Å²) in [6.07, 6.45) is 1.45. The van der Waals surface area contributed by atoms with E-state index < -0.39 is 0 Å². The first-order valence-corrected chi connectivity index (χ1v) is 4.08. The summed E-state index contributed by atoms with van der Waals surface area (Å²) in [6, 6.07) is 2.32. The molecule has 0 aromatic rings. The summed E-state index contributed by atoms with van der Waals surface area (Å²) in [5, 5.41) is 11.4. The predicted molar refractivity (Wildman–Crippen MR) is 44.3 cm³/mol. The van der Waals surface area contributed by atoms with Gasteiger partial charge in [0.1, 0.15) is 0 Å². The zero-order valence-electron chi connectivity index (χ0n) is 7.21. The number of rotatable bonds is 2. The van der Waals surface area contributed by atoms with Gasteiger partial charge in [-0.1, -0.05) is 0 Å². The van der Waals surface area contributed by atoms with Crippen LogP contribution in [0, 0.1) is 11.3 Å². The van der Waals surface area contributed by atoms with Crippen molar-refractivity contribution in [3.05, 3.63) is 0 Å². The fourth-order valence-corrected chi connectivity index (χ4v) is 1.37. The van der Waals surface area contributed by atoms with Crippen molar-refractivity contribution in [2.75, 3.05) is 20.1 Å². The molecule has 1 saturated heterocycles. The lowest BCUT2D eigenvalue weighted by Crippen LogP contribution is -2.46. The molecule has 0 bridgehead atoms. The van der Waals surface area contributed by atoms with Crippen molar-refractivity contribution in [3.63, 3.8) is 0 Å². The Morgan fingerprint density at radius 3 is 3.17 bits per heavy atom. The van der Waals surface area contributed by atoms with E-state index in [0.29, 0.717) is 19.0 Å². The van der Waals surface area contributed by atoms with E-state index in [9.17, 15) is 4.79 Å². The zero-order chi connectivity index (χ0) is 8.97. The summed E-state index contributed by atoms with van der Waals surface area (Å²) in [4.78, 5) is 12.8. The topological polar surface area (TPSA) is 56.1 Å². The van der Waals surface area contributed by atoms with E-state index in [2.05, 4.69) is 5.32 Å². The molecule has 12 heavy (non-hydrogen) atoms. The second-order valence-electron chi connectivity index (χ2n) is 3.05. The fourth-order valence-electron chi connectivity index (χ4n) is 1.37. The van der Waals surface area contributed by atoms with Crippen molar-refractivity contribution in [1.29, 1.82) is 5.26 Å². The number of piperidine rings is 1. The SMILES string of the molecule is CN1CC(NCC#N)CCC1=O. The van der Waals surface area contributed by atoms with Crippen molar-refractivity contribution >= 4 is 5.91 Å². The number of nitriles is 1. The number of hydrogen-bond acceptors (Lipinski definition) is 3. The minimum atomic E-state index is 0.199. The first-order chi connectivity index (χ1) is 5.74. The van der Waals surface area contributed by atoms with E-state index in [1.165, 1.54) is 0 Å². The molecular weight excluding hydrogens is 154 g/mol. The summed E-state index contributed by atoms with van der Waals surface area (Å²) in [5.41, 5.74) is 0. The number of carbonyl (C=O) groups excluding carboxylic acids is 1. The largest absolute Gasteiger partial charge is 0.344 e. The molecule has 1 heterocycles. The molecule has 0 aromatic carbocycles. The van der Waals surface area contributed by atoms with Gasteiger partial charge in [-0.15, -0.1) is 0 Å². The number of nitrogens with one attached hydrogen (secondary N) is 1. The van der Waals surface area contributed by atoms with Crippen LogP contribution in [0.15, 0.2) is 0 Å². The quantitative estimate of drug-likeness (QED) is 0.575. The van der Waals surface area contributed by atoms with Gasteiger partial charge in [0.05, 0.1) is 12.6 Å². The normalized spacial score (nSPS) is 23.8. The third-order valence-corrected chi connectivity index (χ3v) is 2.10. The van der Waals surface area contributed by atoms with Crippen LogP contribution in [0.4, 0.5) is 0 Å². The van der Waals surface area contributed by atoms with Gasteiger partial charge in [-0.3, -0.25) is 10.1 Å². The smallest absolute Gasteiger partial charge is 0.222 e. The van der Waals surface area contributed by atoms with E-state index in [4.69, 9.17) is 5.26 Å². The molecule has 0 saturated carbocycles. The van der Waals surface area contributed by atoms with E-state index >= 15 is 0 Å². The Labute approximate surface area is 72.2 Å². The molecule has 0 aliphatic carbocycles. The minimum Gasteiger partial charge on any atom is -0.344 e. The second kappa shape index (κ2) is 4.07. The van der Waals surface area contributed by atoms with Crippen LogP contribution in [-0.4, -0.2) is 37.0 Å². The second-order valence-corrected chi connectivity index (χ2v) is 3.05. The average Bonchev–Trinajstić information content (AvgIpc) is 2.07. The lowest BCUT2D eigenvalue weighted by atomic mass is 10.1. The van der Waals surface area contributed by atoms with Crippen LogP contribution in [0.5, 0.6) is 0 Å². The third-order valence-electron chi connectivity index (χ3n) is 2.10. The molecule has 0 aromatic heterocycles. The molecule has 1 unspecified atom stereocenters. The van der Waals surface area contributed by atoms with Gasteiger partial charge in [-0.2, -0.15) is 5.26 Å². The summed E-state index contributed by atoms with van der Waals surface area (Å²) >= 11 is 0. The molecule has 1 fully saturated rings. The van der Waals surface area contributed by atoms with Gasteiger partial charge < -0.3 is 4.90 Å². The molecule has 4 nitrogen and oxygen atoms in total. The van der Waals surface area contributed by atoms with Gasteiger partial charge in [-0.05, 0) is 6.42 Å². The number of likely N-dealkylation sites (tertiary alicyclic amines) is 1. The Morgan fingerprint density at radius 2 is 2.58 bits per heavy atom. The van der Waals surface area contributed by atoms with Crippen molar-refractivity contribution in [2.24, 2.45) is 0 Å². The van der Waals surface area contributed by atoms with Crippen LogP contribution in [0.3, 0.4) is 0 Å². The Hall–Kier alpha value is -1.08. The lowest BCUT2D eigenvalue weighted by Gasteiger charge is -2.29. The highest BCUT2D eigenvalue weighted by Crippen LogP contribution is 2.08. The molecule has 1 amide bonds. The van der Waals surface area contributed by atoms with Gasteiger partial charge in [-0.25, -0.2) is 0 Å². The molecule has 66 valence electrons. The first-order valence-electron chi connectivity index (χ1n) is 4.08. The Kier molecular flexibility index (Phi) is 3.06. The fraction of sp³-hybridized carbons (Fsp3) is 0.750. The molecule has 0 radical (unpaired) electrons. The number of hydrogen-bond donors (Lipinski definition) is 1. The highest BCUT2D eigenvalue weighted by atomic mass is 16.2. The van der Waals surface area contributed by atoms with Crippen LogP contribution in [0.1, 0.15) is 12.8 Å². The first kappa shape index (κ1) is 9.01. The minimum absolute atomic E-state index is 0.199. The predicted octanol–water partition coefficient (Wildman–Crippen LogP) is -0.280. The van der Waals surface area contributed by atoms with Crippen molar-refractivity contribution in [2.45, 2.75) is 18.9 Å². The van der Waals surface area contributed by atoms with Crippen LogP contribution >= 0.6 is 0 Å². The van der Waals surface area contributed by atoms with Crippen molar-refractivity contribution in [1.82, 2.24) is 10.2 Å². The number of likely N-dealkylation sites (N-methyl/N-ethyl adjacent to an activating group) is 1.